The topological polar surface area (TPSA) is 97.9 Å². The fourth-order valence-electron chi connectivity index (χ4n) is 4.86. The second-order valence-corrected chi connectivity index (χ2v) is 10.6. The number of rotatable bonds is 8. The van der Waals surface area contributed by atoms with Crippen LogP contribution in [-0.4, -0.2) is 47.3 Å². The lowest BCUT2D eigenvalue weighted by Crippen LogP contribution is -2.35. The van der Waals surface area contributed by atoms with E-state index in [0.29, 0.717) is 25.1 Å². The smallest absolute Gasteiger partial charge is 0.306 e. The van der Waals surface area contributed by atoms with Gasteiger partial charge in [0.1, 0.15) is 17.4 Å². The summed E-state index contributed by atoms with van der Waals surface area (Å²) in [5.41, 5.74) is 13.2. The van der Waals surface area contributed by atoms with Crippen LogP contribution in [0.2, 0.25) is 0 Å². The average molecular weight is 520 g/mol. The molecule has 1 unspecified atom stereocenters. The zero-order valence-electron chi connectivity index (χ0n) is 21.1. The summed E-state index contributed by atoms with van der Waals surface area (Å²) in [6.45, 7) is 7.08. The minimum Gasteiger partial charge on any atom is -0.488 e. The molecular formula is C29H33N3O4S. The number of aromatic nitrogens is 1. The largest absolute Gasteiger partial charge is 0.488 e. The van der Waals surface area contributed by atoms with Gasteiger partial charge in [-0.2, -0.15) is 0 Å². The van der Waals surface area contributed by atoms with Crippen LogP contribution in [0.1, 0.15) is 41.0 Å². The summed E-state index contributed by atoms with van der Waals surface area (Å²) in [5, 5.41) is 12.2. The first-order chi connectivity index (χ1) is 18.0. The molecule has 1 saturated heterocycles. The Morgan fingerprint density at radius 2 is 2.08 bits per heavy atom. The minimum absolute atomic E-state index is 0.297. The zero-order valence-corrected chi connectivity index (χ0v) is 21.9. The molecule has 0 amide bonds. The molecular weight excluding hydrogens is 486 g/mol. The lowest BCUT2D eigenvalue weighted by atomic mass is 9.90. The number of ether oxygens (including phenoxy) is 2. The van der Waals surface area contributed by atoms with E-state index in [-0.39, 0.29) is 5.92 Å². The molecule has 8 heteroatoms. The molecule has 1 fully saturated rings. The average Bonchev–Trinajstić information content (AvgIpc) is 3.40. The molecule has 7 nitrogen and oxygen atoms in total. The zero-order chi connectivity index (χ0) is 25.8. The number of hydrogen-bond acceptors (Lipinski definition) is 7. The maximum absolute atomic E-state index is 11.3. The van der Waals surface area contributed by atoms with Crippen LogP contribution < -0.4 is 10.5 Å². The Kier molecular flexibility index (Phi) is 7.88. The molecule has 1 aliphatic heterocycles. The maximum atomic E-state index is 11.3. The van der Waals surface area contributed by atoms with E-state index in [0.717, 1.165) is 72.4 Å². The van der Waals surface area contributed by atoms with Crippen LogP contribution in [0.15, 0.2) is 47.9 Å². The Balaban J connectivity index is 1.28. The third kappa shape index (κ3) is 6.21. The standard InChI is InChI=1S/C29H33N3O4S/c1-19-14-20(16-32-10-12-35-13-11-32)2-3-23(19)17-36-27-9-8-24(30)15-25(27)26-18-37-28(31-26)21-4-6-22(7-5-21)29(33)34/h2-4,8-9,14-15,18,22H,5-7,10-13,16-17,30H2,1H3,(H,33,34). The van der Waals surface area contributed by atoms with E-state index in [4.69, 9.17) is 20.2 Å². The predicted molar refractivity (Wildman–Crippen MR) is 147 cm³/mol. The molecule has 1 aliphatic carbocycles. The van der Waals surface area contributed by atoms with E-state index >= 15 is 0 Å². The lowest BCUT2D eigenvalue weighted by molar-refractivity contribution is -0.141. The van der Waals surface area contributed by atoms with Crippen molar-refractivity contribution in [2.24, 2.45) is 5.92 Å². The highest BCUT2D eigenvalue weighted by Crippen LogP contribution is 2.37. The van der Waals surface area contributed by atoms with Crippen molar-refractivity contribution < 1.29 is 19.4 Å². The molecule has 0 radical (unpaired) electrons. The molecule has 2 heterocycles. The molecule has 2 aliphatic rings. The second kappa shape index (κ2) is 11.5. The number of nitrogens with zero attached hydrogens (tertiary/aromatic N) is 2. The fourth-order valence-corrected chi connectivity index (χ4v) is 5.75. The Labute approximate surface area is 221 Å². The number of carbonyl (C=O) groups is 1. The number of anilines is 1. The van der Waals surface area contributed by atoms with Crippen molar-refractivity contribution in [3.05, 3.63) is 69.6 Å². The van der Waals surface area contributed by atoms with Gasteiger partial charge in [-0.15, -0.1) is 11.3 Å². The van der Waals surface area contributed by atoms with Crippen LogP contribution in [0.3, 0.4) is 0 Å². The Hall–Kier alpha value is -3.20. The number of nitrogens with two attached hydrogens (primary N) is 1. The first kappa shape index (κ1) is 25.4. The molecule has 3 aromatic rings. The van der Waals surface area contributed by atoms with Gasteiger partial charge in [-0.1, -0.05) is 24.3 Å². The van der Waals surface area contributed by atoms with Gasteiger partial charge in [0, 0.05) is 36.3 Å². The number of nitrogen functional groups attached to an aromatic ring is 1. The van der Waals surface area contributed by atoms with Gasteiger partial charge < -0.3 is 20.3 Å². The van der Waals surface area contributed by atoms with Gasteiger partial charge in [-0.25, -0.2) is 4.98 Å². The van der Waals surface area contributed by atoms with Gasteiger partial charge in [0.2, 0.25) is 0 Å². The van der Waals surface area contributed by atoms with E-state index in [1.807, 2.05) is 29.7 Å². The number of aryl methyl sites for hydroxylation is 1. The normalized spacial score (nSPS) is 18.4. The molecule has 37 heavy (non-hydrogen) atoms. The van der Waals surface area contributed by atoms with Gasteiger partial charge >= 0.3 is 5.97 Å². The Morgan fingerprint density at radius 3 is 2.81 bits per heavy atom. The van der Waals surface area contributed by atoms with Crippen LogP contribution in [-0.2, 0) is 22.7 Å². The first-order valence-electron chi connectivity index (χ1n) is 12.7. The van der Waals surface area contributed by atoms with E-state index in [1.54, 1.807) is 11.3 Å². The highest BCUT2D eigenvalue weighted by Gasteiger charge is 2.23. The van der Waals surface area contributed by atoms with Crippen molar-refractivity contribution >= 4 is 28.6 Å². The number of aliphatic carboxylic acids is 1. The van der Waals surface area contributed by atoms with Gasteiger partial charge in [-0.3, -0.25) is 9.69 Å². The molecule has 0 spiro atoms. The molecule has 0 bridgehead atoms. The van der Waals surface area contributed by atoms with Crippen LogP contribution in [0.25, 0.3) is 16.8 Å². The van der Waals surface area contributed by atoms with Crippen molar-refractivity contribution in [1.29, 1.82) is 0 Å². The van der Waals surface area contributed by atoms with Crippen LogP contribution in [0.4, 0.5) is 5.69 Å². The number of hydrogen-bond donors (Lipinski definition) is 2. The Morgan fingerprint density at radius 1 is 1.24 bits per heavy atom. The monoisotopic (exact) mass is 519 g/mol. The van der Waals surface area contributed by atoms with E-state index < -0.39 is 5.97 Å². The van der Waals surface area contributed by atoms with Gasteiger partial charge in [0.05, 0.1) is 24.8 Å². The fraction of sp³-hybridized carbons (Fsp3) is 0.379. The lowest BCUT2D eigenvalue weighted by Gasteiger charge is -2.26. The van der Waals surface area contributed by atoms with Crippen LogP contribution >= 0.6 is 11.3 Å². The maximum Gasteiger partial charge on any atom is 0.306 e. The van der Waals surface area contributed by atoms with E-state index in [9.17, 15) is 9.90 Å². The molecule has 3 N–H and O–H groups in total. The third-order valence-electron chi connectivity index (χ3n) is 7.12. The van der Waals surface area contributed by atoms with E-state index in [2.05, 4.69) is 30.0 Å². The summed E-state index contributed by atoms with van der Waals surface area (Å²) in [6, 6.07) is 12.2. The Bertz CT molecular complexity index is 1300. The number of carboxylic acid groups (broad SMARTS) is 1. The minimum atomic E-state index is -0.723. The highest BCUT2D eigenvalue weighted by molar-refractivity contribution is 7.11. The third-order valence-corrected chi connectivity index (χ3v) is 8.04. The number of morpholine rings is 1. The molecule has 2 aromatic carbocycles. The van der Waals surface area contributed by atoms with Crippen molar-refractivity contribution in [2.75, 3.05) is 32.0 Å². The summed E-state index contributed by atoms with van der Waals surface area (Å²) < 4.78 is 11.8. The van der Waals surface area contributed by atoms with Crippen LogP contribution in [0.5, 0.6) is 5.75 Å². The van der Waals surface area contributed by atoms with Crippen molar-refractivity contribution in [2.45, 2.75) is 39.3 Å². The first-order valence-corrected chi connectivity index (χ1v) is 13.6. The predicted octanol–water partition coefficient (Wildman–Crippen LogP) is 5.38. The van der Waals surface area contributed by atoms with Gasteiger partial charge in [0.25, 0.3) is 0 Å². The molecule has 0 saturated carbocycles. The quantitative estimate of drug-likeness (QED) is 0.386. The molecule has 1 aromatic heterocycles. The second-order valence-electron chi connectivity index (χ2n) is 9.77. The summed E-state index contributed by atoms with van der Waals surface area (Å²) in [4.78, 5) is 18.6. The summed E-state index contributed by atoms with van der Waals surface area (Å²) in [5.74, 6) is -0.279. The van der Waals surface area contributed by atoms with Gasteiger partial charge in [0.15, 0.2) is 0 Å². The van der Waals surface area contributed by atoms with Crippen LogP contribution in [0, 0.1) is 12.8 Å². The van der Waals surface area contributed by atoms with Crippen molar-refractivity contribution in [1.82, 2.24) is 9.88 Å². The number of allylic oxidation sites excluding steroid dienone is 2. The molecule has 1 atom stereocenters. The summed E-state index contributed by atoms with van der Waals surface area (Å²) in [6.07, 6.45) is 3.95. The summed E-state index contributed by atoms with van der Waals surface area (Å²) in [7, 11) is 0. The van der Waals surface area contributed by atoms with Crippen molar-refractivity contribution in [3.8, 4) is 17.0 Å². The number of carboxylic acids is 1. The SMILES string of the molecule is Cc1cc(CN2CCOCC2)ccc1COc1ccc(N)cc1-c1csc(C2=CCC(C(=O)O)CC2)n1. The summed E-state index contributed by atoms with van der Waals surface area (Å²) >= 11 is 1.57. The highest BCUT2D eigenvalue weighted by atomic mass is 32.1. The van der Waals surface area contributed by atoms with E-state index in [1.165, 1.54) is 11.1 Å². The van der Waals surface area contributed by atoms with Gasteiger partial charge in [-0.05, 0) is 66.6 Å². The van der Waals surface area contributed by atoms with Crippen molar-refractivity contribution in [3.63, 3.8) is 0 Å². The number of thiazole rings is 1. The number of benzene rings is 2. The molecule has 194 valence electrons. The molecule has 5 rings (SSSR count).